The van der Waals surface area contributed by atoms with Crippen molar-refractivity contribution in [2.24, 2.45) is 0 Å². The molecular weight excluding hydrogens is 391 g/mol. The van der Waals surface area contributed by atoms with Crippen molar-refractivity contribution in [2.75, 3.05) is 5.32 Å². The number of hydrogen-bond acceptors (Lipinski definition) is 3. The summed E-state index contributed by atoms with van der Waals surface area (Å²) >= 11 is 4.84. The van der Waals surface area contributed by atoms with E-state index in [1.807, 2.05) is 31.2 Å². The van der Waals surface area contributed by atoms with Crippen LogP contribution in [-0.4, -0.2) is 10.9 Å². The topological polar surface area (TPSA) is 42.0 Å². The van der Waals surface area contributed by atoms with Gasteiger partial charge in [0.05, 0.1) is 17.1 Å². The van der Waals surface area contributed by atoms with Crippen LogP contribution in [0.3, 0.4) is 0 Å². The van der Waals surface area contributed by atoms with Crippen molar-refractivity contribution in [1.29, 1.82) is 0 Å². The number of thiazole rings is 1. The van der Waals surface area contributed by atoms with Gasteiger partial charge in [0.15, 0.2) is 0 Å². The van der Waals surface area contributed by atoms with Crippen LogP contribution in [-0.2, 0) is 11.2 Å². The second kappa shape index (κ2) is 7.23. The van der Waals surface area contributed by atoms with Gasteiger partial charge in [-0.2, -0.15) is 0 Å². The summed E-state index contributed by atoms with van der Waals surface area (Å²) in [7, 11) is 0. The van der Waals surface area contributed by atoms with Crippen molar-refractivity contribution < 1.29 is 9.18 Å². The lowest BCUT2D eigenvalue weighted by atomic mass is 10.1. The summed E-state index contributed by atoms with van der Waals surface area (Å²) in [6, 6.07) is 13.6. The van der Waals surface area contributed by atoms with Gasteiger partial charge in [-0.25, -0.2) is 9.37 Å². The summed E-state index contributed by atoms with van der Waals surface area (Å²) in [6.07, 6.45) is 0.230. The molecule has 0 aliphatic rings. The average molecular weight is 405 g/mol. The number of nitrogens with one attached hydrogen (secondary N) is 1. The SMILES string of the molecule is Cc1nc(-c2ccc(F)cc2)c(CC(=O)Nc2ccc(Br)cc2)s1. The molecule has 0 aliphatic heterocycles. The highest BCUT2D eigenvalue weighted by Gasteiger charge is 2.15. The minimum atomic E-state index is -0.291. The molecule has 0 aliphatic carbocycles. The highest BCUT2D eigenvalue weighted by atomic mass is 79.9. The van der Waals surface area contributed by atoms with Crippen molar-refractivity contribution in [3.8, 4) is 11.3 Å². The zero-order chi connectivity index (χ0) is 17.1. The van der Waals surface area contributed by atoms with Crippen molar-refractivity contribution in [3.05, 3.63) is 68.7 Å². The Bertz CT molecular complexity index is 860. The lowest BCUT2D eigenvalue weighted by molar-refractivity contribution is -0.115. The first kappa shape index (κ1) is 16.8. The van der Waals surface area contributed by atoms with Crippen LogP contribution in [0.2, 0.25) is 0 Å². The number of anilines is 1. The third kappa shape index (κ3) is 4.07. The van der Waals surface area contributed by atoms with E-state index in [1.54, 1.807) is 12.1 Å². The summed E-state index contributed by atoms with van der Waals surface area (Å²) in [6.45, 7) is 1.90. The molecule has 0 bridgehead atoms. The van der Waals surface area contributed by atoms with E-state index in [4.69, 9.17) is 0 Å². The Balaban J connectivity index is 1.78. The summed E-state index contributed by atoms with van der Waals surface area (Å²) in [4.78, 5) is 17.7. The molecule has 0 saturated heterocycles. The number of amides is 1. The summed E-state index contributed by atoms with van der Waals surface area (Å²) in [5, 5.41) is 3.75. The smallest absolute Gasteiger partial charge is 0.229 e. The largest absolute Gasteiger partial charge is 0.326 e. The third-order valence-corrected chi connectivity index (χ3v) is 4.87. The maximum atomic E-state index is 13.1. The van der Waals surface area contributed by atoms with Gasteiger partial charge < -0.3 is 5.32 Å². The van der Waals surface area contributed by atoms with Crippen LogP contribution in [0, 0.1) is 12.7 Å². The van der Waals surface area contributed by atoms with E-state index in [9.17, 15) is 9.18 Å². The number of aryl methyl sites for hydroxylation is 1. The van der Waals surface area contributed by atoms with Gasteiger partial charge in [0.2, 0.25) is 5.91 Å². The van der Waals surface area contributed by atoms with Crippen molar-refractivity contribution in [1.82, 2.24) is 4.98 Å². The lowest BCUT2D eigenvalue weighted by Gasteiger charge is -2.06. The fourth-order valence-corrected chi connectivity index (χ4v) is 3.53. The molecule has 0 spiro atoms. The van der Waals surface area contributed by atoms with Crippen molar-refractivity contribution in [3.63, 3.8) is 0 Å². The number of benzene rings is 2. The molecule has 3 nitrogen and oxygen atoms in total. The molecule has 2 aromatic carbocycles. The second-order valence-corrected chi connectivity index (χ2v) is 7.45. The van der Waals surface area contributed by atoms with E-state index in [2.05, 4.69) is 26.2 Å². The van der Waals surface area contributed by atoms with Gasteiger partial charge in [-0.1, -0.05) is 15.9 Å². The first-order valence-corrected chi connectivity index (χ1v) is 8.90. The van der Waals surface area contributed by atoms with Crippen LogP contribution < -0.4 is 5.32 Å². The normalized spacial score (nSPS) is 10.6. The van der Waals surface area contributed by atoms with E-state index in [-0.39, 0.29) is 18.1 Å². The van der Waals surface area contributed by atoms with Crippen molar-refractivity contribution >= 4 is 38.9 Å². The van der Waals surface area contributed by atoms with E-state index < -0.39 is 0 Å². The second-order valence-electron chi connectivity index (χ2n) is 5.24. The molecule has 0 saturated carbocycles. The Morgan fingerprint density at radius 1 is 1.17 bits per heavy atom. The highest BCUT2D eigenvalue weighted by molar-refractivity contribution is 9.10. The van der Waals surface area contributed by atoms with E-state index in [0.717, 1.165) is 31.3 Å². The van der Waals surface area contributed by atoms with Gasteiger partial charge in [-0.15, -0.1) is 11.3 Å². The van der Waals surface area contributed by atoms with Gasteiger partial charge >= 0.3 is 0 Å². The first-order chi connectivity index (χ1) is 11.5. The predicted molar refractivity (Wildman–Crippen MR) is 98.7 cm³/mol. The summed E-state index contributed by atoms with van der Waals surface area (Å²) in [5.74, 6) is -0.399. The Morgan fingerprint density at radius 3 is 2.50 bits per heavy atom. The fraction of sp³-hybridized carbons (Fsp3) is 0.111. The van der Waals surface area contributed by atoms with Crippen LogP contribution in [0.25, 0.3) is 11.3 Å². The van der Waals surface area contributed by atoms with E-state index in [1.165, 1.54) is 23.5 Å². The molecule has 0 fully saturated rings. The van der Waals surface area contributed by atoms with Crippen LogP contribution in [0.15, 0.2) is 53.0 Å². The molecule has 0 radical (unpaired) electrons. The minimum absolute atomic E-state index is 0.107. The number of carbonyl (C=O) groups is 1. The molecule has 0 unspecified atom stereocenters. The monoisotopic (exact) mass is 404 g/mol. The maximum Gasteiger partial charge on any atom is 0.229 e. The first-order valence-electron chi connectivity index (χ1n) is 7.29. The van der Waals surface area contributed by atoms with Crippen LogP contribution in [0.1, 0.15) is 9.88 Å². The van der Waals surface area contributed by atoms with Crippen LogP contribution in [0.4, 0.5) is 10.1 Å². The van der Waals surface area contributed by atoms with Gasteiger partial charge in [0.1, 0.15) is 5.82 Å². The molecular formula is C18H14BrFN2OS. The van der Waals surface area contributed by atoms with Crippen molar-refractivity contribution in [2.45, 2.75) is 13.3 Å². The summed E-state index contributed by atoms with van der Waals surface area (Å²) in [5.41, 5.74) is 2.29. The number of halogens is 2. The Hall–Kier alpha value is -2.05. The third-order valence-electron chi connectivity index (χ3n) is 3.37. The number of carbonyl (C=O) groups excluding carboxylic acids is 1. The molecule has 1 amide bonds. The zero-order valence-electron chi connectivity index (χ0n) is 12.8. The molecule has 1 aromatic heterocycles. The zero-order valence-corrected chi connectivity index (χ0v) is 15.2. The molecule has 1 heterocycles. The van der Waals surface area contributed by atoms with Gasteiger partial charge in [-0.3, -0.25) is 4.79 Å². The van der Waals surface area contributed by atoms with Gasteiger partial charge in [0.25, 0.3) is 0 Å². The van der Waals surface area contributed by atoms with E-state index in [0.29, 0.717) is 0 Å². The number of hydrogen-bond donors (Lipinski definition) is 1. The quantitative estimate of drug-likeness (QED) is 0.648. The number of rotatable bonds is 4. The lowest BCUT2D eigenvalue weighted by Crippen LogP contribution is -2.14. The Labute approximate surface area is 151 Å². The molecule has 3 rings (SSSR count). The molecule has 0 atom stereocenters. The maximum absolute atomic E-state index is 13.1. The number of aromatic nitrogens is 1. The average Bonchev–Trinajstić information content (AvgIpc) is 2.90. The molecule has 3 aromatic rings. The fourth-order valence-electron chi connectivity index (χ4n) is 2.31. The standard InChI is InChI=1S/C18H14BrFN2OS/c1-11-21-18(12-2-6-14(20)7-3-12)16(24-11)10-17(23)22-15-8-4-13(19)5-9-15/h2-9H,10H2,1H3,(H,22,23). The molecule has 6 heteroatoms. The highest BCUT2D eigenvalue weighted by Crippen LogP contribution is 2.29. The van der Waals surface area contributed by atoms with E-state index >= 15 is 0 Å². The van der Waals surface area contributed by atoms with Gasteiger partial charge in [-0.05, 0) is 55.5 Å². The number of nitrogens with zero attached hydrogens (tertiary/aromatic N) is 1. The van der Waals surface area contributed by atoms with Crippen LogP contribution >= 0.6 is 27.3 Å². The summed E-state index contributed by atoms with van der Waals surface area (Å²) < 4.78 is 14.1. The molecule has 122 valence electrons. The Morgan fingerprint density at radius 2 is 1.83 bits per heavy atom. The van der Waals surface area contributed by atoms with Gasteiger partial charge in [0, 0.05) is 20.6 Å². The minimum Gasteiger partial charge on any atom is -0.326 e. The van der Waals surface area contributed by atoms with Crippen LogP contribution in [0.5, 0.6) is 0 Å². The predicted octanol–water partition coefficient (Wildman–Crippen LogP) is 5.20. The molecule has 1 N–H and O–H groups in total. The Kier molecular flexibility index (Phi) is 5.06. The molecule has 24 heavy (non-hydrogen) atoms.